The lowest BCUT2D eigenvalue weighted by Gasteiger charge is -1.93. The quantitative estimate of drug-likeness (QED) is 0.428. The van der Waals surface area contributed by atoms with Crippen LogP contribution in [0.5, 0.6) is 0 Å². The smallest absolute Gasteiger partial charge is 0.154 e. The summed E-state index contributed by atoms with van der Waals surface area (Å²) in [5.74, 6) is 0.248. The summed E-state index contributed by atoms with van der Waals surface area (Å²) in [6.45, 7) is 0. The van der Waals surface area contributed by atoms with E-state index in [1.165, 1.54) is 6.20 Å². The minimum Gasteiger partial charge on any atom is -0.154 e. The van der Waals surface area contributed by atoms with Crippen LogP contribution in [0.15, 0.2) is 134 Å². The Hall–Kier alpha value is -3.80. The van der Waals surface area contributed by atoms with E-state index in [2.05, 4.69) is 30.7 Å². The van der Waals surface area contributed by atoms with Crippen LogP contribution < -0.4 is 0 Å². The summed E-state index contributed by atoms with van der Waals surface area (Å²) in [5, 5.41) is 24.6. The van der Waals surface area contributed by atoms with Gasteiger partial charge in [0.25, 0.3) is 0 Å². The SMILES string of the molecule is C(N=Nc1ccccc1)=C(N=Nc1ccccc1)N=Nc1ccccc1. The zero-order valence-corrected chi connectivity index (χ0v) is 13.9. The third-order valence-corrected chi connectivity index (χ3v) is 3.15. The molecule has 0 amide bonds. The summed E-state index contributed by atoms with van der Waals surface area (Å²) in [4.78, 5) is 0. The molecule has 0 N–H and O–H groups in total. The lowest BCUT2D eigenvalue weighted by Crippen LogP contribution is -1.71. The van der Waals surface area contributed by atoms with Gasteiger partial charge in [-0.05, 0) is 36.4 Å². The van der Waals surface area contributed by atoms with E-state index in [0.29, 0.717) is 11.4 Å². The van der Waals surface area contributed by atoms with Gasteiger partial charge in [0, 0.05) is 0 Å². The lowest BCUT2D eigenvalue weighted by atomic mass is 10.3. The lowest BCUT2D eigenvalue weighted by molar-refractivity contribution is 1.01. The van der Waals surface area contributed by atoms with Crippen molar-refractivity contribution in [2.75, 3.05) is 0 Å². The highest BCUT2D eigenvalue weighted by Crippen LogP contribution is 2.17. The van der Waals surface area contributed by atoms with E-state index in [1.807, 2.05) is 91.0 Å². The molecular weight excluding hydrogens is 324 g/mol. The summed E-state index contributed by atoms with van der Waals surface area (Å²) in [5.41, 5.74) is 2.17. The van der Waals surface area contributed by atoms with Crippen LogP contribution >= 0.6 is 0 Å². The van der Waals surface area contributed by atoms with Gasteiger partial charge in [0.2, 0.25) is 5.82 Å². The molecular formula is C20H16N6. The van der Waals surface area contributed by atoms with E-state index in [1.54, 1.807) is 0 Å². The fourth-order valence-electron chi connectivity index (χ4n) is 1.92. The molecule has 0 aromatic heterocycles. The van der Waals surface area contributed by atoms with Crippen molar-refractivity contribution < 1.29 is 0 Å². The van der Waals surface area contributed by atoms with Gasteiger partial charge in [-0.15, -0.1) is 20.5 Å². The average molecular weight is 340 g/mol. The predicted octanol–water partition coefficient (Wildman–Crippen LogP) is 7.14. The highest BCUT2D eigenvalue weighted by molar-refractivity contribution is 5.36. The summed E-state index contributed by atoms with van der Waals surface area (Å²) >= 11 is 0. The Morgan fingerprint density at radius 2 is 0.885 bits per heavy atom. The van der Waals surface area contributed by atoms with Crippen LogP contribution in [-0.2, 0) is 0 Å². The normalized spacial score (nSPS) is 11.4. The van der Waals surface area contributed by atoms with E-state index >= 15 is 0 Å². The molecule has 0 saturated carbocycles. The molecule has 0 heterocycles. The van der Waals surface area contributed by atoms with E-state index < -0.39 is 0 Å². The summed E-state index contributed by atoms with van der Waals surface area (Å²) in [7, 11) is 0. The van der Waals surface area contributed by atoms with Crippen LogP contribution in [0.25, 0.3) is 0 Å². The highest BCUT2D eigenvalue weighted by atomic mass is 15.3. The summed E-state index contributed by atoms with van der Waals surface area (Å²) < 4.78 is 0. The molecule has 3 aromatic carbocycles. The van der Waals surface area contributed by atoms with Crippen LogP contribution in [0.2, 0.25) is 0 Å². The van der Waals surface area contributed by atoms with Gasteiger partial charge in [0.05, 0.1) is 23.3 Å². The number of rotatable bonds is 6. The van der Waals surface area contributed by atoms with Crippen molar-refractivity contribution in [2.24, 2.45) is 30.7 Å². The fourth-order valence-corrected chi connectivity index (χ4v) is 1.92. The van der Waals surface area contributed by atoms with Crippen molar-refractivity contribution >= 4 is 17.1 Å². The Morgan fingerprint density at radius 3 is 1.31 bits per heavy atom. The molecule has 0 aliphatic carbocycles. The first-order valence-corrected chi connectivity index (χ1v) is 8.00. The number of nitrogens with zero attached hydrogens (tertiary/aromatic N) is 6. The molecule has 6 nitrogen and oxygen atoms in total. The minimum absolute atomic E-state index is 0.248. The standard InChI is InChI=1S/C20H16N6/c1-4-10-17(11-5-1)22-21-16-20(25-23-18-12-6-2-7-13-18)26-24-19-14-8-3-9-15-19/h1-16H. The molecule has 0 saturated heterocycles. The van der Waals surface area contributed by atoms with Gasteiger partial charge in [0.1, 0.15) is 0 Å². The molecule has 6 heteroatoms. The van der Waals surface area contributed by atoms with Crippen LogP contribution in [0, 0.1) is 0 Å². The maximum absolute atomic E-state index is 4.15. The fraction of sp³-hybridized carbons (Fsp3) is 0. The van der Waals surface area contributed by atoms with Crippen molar-refractivity contribution in [1.82, 2.24) is 0 Å². The van der Waals surface area contributed by atoms with Crippen LogP contribution in [-0.4, -0.2) is 0 Å². The first-order valence-electron chi connectivity index (χ1n) is 8.00. The van der Waals surface area contributed by atoms with Gasteiger partial charge in [-0.2, -0.15) is 10.2 Å². The second-order valence-corrected chi connectivity index (χ2v) is 5.11. The Labute approximate surface area is 151 Å². The van der Waals surface area contributed by atoms with E-state index in [4.69, 9.17) is 0 Å². The Morgan fingerprint density at radius 1 is 0.500 bits per heavy atom. The number of hydrogen-bond donors (Lipinski definition) is 0. The molecule has 3 aromatic rings. The van der Waals surface area contributed by atoms with Crippen molar-refractivity contribution in [1.29, 1.82) is 0 Å². The summed E-state index contributed by atoms with van der Waals surface area (Å²) in [6, 6.07) is 28.2. The number of hydrogen-bond acceptors (Lipinski definition) is 6. The zero-order chi connectivity index (χ0) is 17.9. The van der Waals surface area contributed by atoms with Crippen molar-refractivity contribution in [3.8, 4) is 0 Å². The van der Waals surface area contributed by atoms with Gasteiger partial charge in [-0.3, -0.25) is 0 Å². The van der Waals surface area contributed by atoms with E-state index in [9.17, 15) is 0 Å². The predicted molar refractivity (Wildman–Crippen MR) is 101 cm³/mol. The molecule has 0 aliphatic heterocycles. The van der Waals surface area contributed by atoms with E-state index in [0.717, 1.165) is 5.69 Å². The van der Waals surface area contributed by atoms with Crippen molar-refractivity contribution in [3.63, 3.8) is 0 Å². The van der Waals surface area contributed by atoms with E-state index in [-0.39, 0.29) is 5.82 Å². The number of azo groups is 3. The van der Waals surface area contributed by atoms with Crippen molar-refractivity contribution in [2.45, 2.75) is 0 Å². The molecule has 0 atom stereocenters. The Bertz CT molecular complexity index is 865. The van der Waals surface area contributed by atoms with Gasteiger partial charge in [-0.1, -0.05) is 54.6 Å². The molecule has 0 radical (unpaired) electrons. The first-order chi connectivity index (χ1) is 12.9. The summed E-state index contributed by atoms with van der Waals surface area (Å²) in [6.07, 6.45) is 1.42. The van der Waals surface area contributed by atoms with Crippen LogP contribution in [0.3, 0.4) is 0 Å². The second kappa shape index (κ2) is 9.48. The molecule has 0 aliphatic rings. The maximum Gasteiger partial charge on any atom is 0.216 e. The van der Waals surface area contributed by atoms with Gasteiger partial charge in [-0.25, -0.2) is 0 Å². The zero-order valence-electron chi connectivity index (χ0n) is 13.9. The van der Waals surface area contributed by atoms with Gasteiger partial charge in [0.15, 0.2) is 0 Å². The monoisotopic (exact) mass is 340 g/mol. The highest BCUT2D eigenvalue weighted by Gasteiger charge is 1.94. The second-order valence-electron chi connectivity index (χ2n) is 5.11. The van der Waals surface area contributed by atoms with Gasteiger partial charge >= 0.3 is 0 Å². The van der Waals surface area contributed by atoms with Gasteiger partial charge < -0.3 is 0 Å². The first kappa shape index (κ1) is 17.0. The molecule has 0 spiro atoms. The topological polar surface area (TPSA) is 74.2 Å². The Balaban J connectivity index is 1.80. The minimum atomic E-state index is 0.248. The number of benzene rings is 3. The van der Waals surface area contributed by atoms with Crippen LogP contribution in [0.4, 0.5) is 17.1 Å². The molecule has 26 heavy (non-hydrogen) atoms. The molecule has 0 bridgehead atoms. The third-order valence-electron chi connectivity index (χ3n) is 3.15. The third kappa shape index (κ3) is 5.68. The Kier molecular flexibility index (Phi) is 6.22. The largest absolute Gasteiger partial charge is 0.216 e. The molecule has 3 rings (SSSR count). The van der Waals surface area contributed by atoms with Crippen LogP contribution in [0.1, 0.15) is 0 Å². The molecule has 0 unspecified atom stereocenters. The average Bonchev–Trinajstić information content (AvgIpc) is 2.72. The van der Waals surface area contributed by atoms with Crippen molar-refractivity contribution in [3.05, 3.63) is 103 Å². The maximum atomic E-state index is 4.15. The molecule has 126 valence electrons. The molecule has 0 fully saturated rings.